The summed E-state index contributed by atoms with van der Waals surface area (Å²) in [6.07, 6.45) is 0. The first-order valence-electron chi connectivity index (χ1n) is 7.39. The third-order valence-corrected chi connectivity index (χ3v) is 3.51. The van der Waals surface area contributed by atoms with Crippen LogP contribution in [-0.2, 0) is 0 Å². The van der Waals surface area contributed by atoms with Crippen LogP contribution in [0.15, 0.2) is 64.1 Å². The first kappa shape index (κ1) is 16.3. The highest BCUT2D eigenvalue weighted by atomic mass is 16.5. The van der Waals surface area contributed by atoms with Crippen molar-refractivity contribution in [3.63, 3.8) is 0 Å². The number of rotatable bonds is 4. The molecule has 2 amide bonds. The van der Waals surface area contributed by atoms with E-state index in [2.05, 4.69) is 10.5 Å². The van der Waals surface area contributed by atoms with Crippen molar-refractivity contribution < 1.29 is 18.7 Å². The number of nitrogens with two attached hydrogens (primary N) is 1. The number of hydrogen-bond acceptors (Lipinski definition) is 5. The van der Waals surface area contributed by atoms with E-state index in [1.165, 1.54) is 13.2 Å². The number of primary amides is 1. The number of fused-ring (bicyclic) bond motifs is 1. The van der Waals surface area contributed by atoms with E-state index < -0.39 is 11.8 Å². The highest BCUT2D eigenvalue weighted by Gasteiger charge is 2.11. The predicted molar refractivity (Wildman–Crippen MR) is 90.8 cm³/mol. The van der Waals surface area contributed by atoms with E-state index in [1.54, 1.807) is 48.5 Å². The number of nitrogens with zero attached hydrogens (tertiary/aromatic N) is 1. The lowest BCUT2D eigenvalue weighted by Crippen LogP contribution is -2.27. The van der Waals surface area contributed by atoms with Gasteiger partial charge in [-0.2, -0.15) is 0 Å². The maximum Gasteiger partial charge on any atom is 0.271 e. The molecule has 0 saturated carbocycles. The Morgan fingerprint density at radius 2 is 1.88 bits per heavy atom. The Kier molecular flexibility index (Phi) is 4.47. The lowest BCUT2D eigenvalue weighted by Gasteiger charge is -2.04. The molecule has 3 rings (SSSR count). The molecule has 0 aliphatic carbocycles. The van der Waals surface area contributed by atoms with Gasteiger partial charge in [0.15, 0.2) is 0 Å². The van der Waals surface area contributed by atoms with Gasteiger partial charge >= 0.3 is 0 Å². The highest BCUT2D eigenvalue weighted by molar-refractivity contribution is 5.96. The molecule has 1 heterocycles. The quantitative estimate of drug-likeness (QED) is 0.708. The normalized spacial score (nSPS) is 11.3. The molecule has 3 aromatic rings. The zero-order chi connectivity index (χ0) is 17.8. The van der Waals surface area contributed by atoms with Crippen LogP contribution in [0.1, 0.15) is 20.7 Å². The molecule has 25 heavy (non-hydrogen) atoms. The summed E-state index contributed by atoms with van der Waals surface area (Å²) in [5.74, 6) is -0.539. The van der Waals surface area contributed by atoms with Gasteiger partial charge in [-0.25, -0.2) is 5.43 Å². The van der Waals surface area contributed by atoms with E-state index in [1.807, 2.05) is 0 Å². The number of hydrogen-bond donors (Lipinski definition) is 2. The molecule has 0 saturated heterocycles. The van der Waals surface area contributed by atoms with Crippen molar-refractivity contribution >= 4 is 22.8 Å². The Labute approximate surface area is 142 Å². The van der Waals surface area contributed by atoms with Gasteiger partial charge in [-0.05, 0) is 36.4 Å². The summed E-state index contributed by atoms with van der Waals surface area (Å²) in [4.78, 5) is 23.8. The Balaban J connectivity index is 2.03. The molecule has 0 bridgehead atoms. The van der Waals surface area contributed by atoms with Crippen molar-refractivity contribution in [3.05, 3.63) is 71.3 Å². The van der Waals surface area contributed by atoms with Crippen LogP contribution in [0.3, 0.4) is 0 Å². The third kappa shape index (κ3) is 3.50. The lowest BCUT2D eigenvalue weighted by molar-refractivity contribution is 0.0946. The second kappa shape index (κ2) is 6.88. The van der Waals surface area contributed by atoms with Crippen LogP contribution in [0.2, 0.25) is 0 Å². The van der Waals surface area contributed by atoms with Gasteiger partial charge in [0.25, 0.3) is 11.8 Å². The van der Waals surface area contributed by atoms with Crippen LogP contribution in [0.5, 0.6) is 5.75 Å². The Morgan fingerprint density at radius 3 is 2.56 bits per heavy atom. The summed E-state index contributed by atoms with van der Waals surface area (Å²) in [7, 11) is 1.54. The minimum atomic E-state index is -0.721. The van der Waals surface area contributed by atoms with E-state index in [0.29, 0.717) is 22.3 Å². The zero-order valence-electron chi connectivity index (χ0n) is 13.4. The molecule has 2 aromatic carbocycles. The summed E-state index contributed by atoms with van der Waals surface area (Å²) in [6.45, 7) is 0. The summed E-state index contributed by atoms with van der Waals surface area (Å²) < 4.78 is 10.7. The second-order valence-corrected chi connectivity index (χ2v) is 5.15. The number of carbonyl (C=O) groups excluding carboxylic acids is 2. The average molecular weight is 337 g/mol. The maximum atomic E-state index is 12.1. The first-order valence-corrected chi connectivity index (χ1v) is 7.39. The van der Waals surface area contributed by atoms with Crippen molar-refractivity contribution in [3.8, 4) is 5.75 Å². The molecule has 7 heteroatoms. The molecule has 7 nitrogen and oxygen atoms in total. The number of methoxy groups -OCH3 is 1. The second-order valence-electron chi connectivity index (χ2n) is 5.15. The van der Waals surface area contributed by atoms with E-state index in [0.717, 1.165) is 0 Å². The number of amides is 2. The van der Waals surface area contributed by atoms with Crippen LogP contribution in [-0.4, -0.2) is 18.9 Å². The molecule has 0 aliphatic heterocycles. The van der Waals surface area contributed by atoms with Crippen molar-refractivity contribution in [1.82, 2.24) is 5.43 Å². The average Bonchev–Trinajstić information content (AvgIpc) is 2.65. The summed E-state index contributed by atoms with van der Waals surface area (Å²) in [6, 6.07) is 15.2. The van der Waals surface area contributed by atoms with Crippen LogP contribution in [0, 0.1) is 0 Å². The molecule has 0 fully saturated rings. The molecular formula is C18H15N3O4. The number of nitrogens with one attached hydrogen (secondary N) is 1. The molecule has 0 radical (unpaired) electrons. The molecule has 0 unspecified atom stereocenters. The smallest absolute Gasteiger partial charge is 0.271 e. The van der Waals surface area contributed by atoms with E-state index >= 15 is 0 Å². The van der Waals surface area contributed by atoms with Gasteiger partial charge in [0, 0.05) is 10.9 Å². The fourth-order valence-corrected chi connectivity index (χ4v) is 2.25. The molecule has 1 aromatic heterocycles. The maximum absolute atomic E-state index is 12.1. The van der Waals surface area contributed by atoms with Gasteiger partial charge < -0.3 is 14.9 Å². The van der Waals surface area contributed by atoms with Crippen molar-refractivity contribution in [2.45, 2.75) is 0 Å². The number of ether oxygens (including phenoxy) is 1. The van der Waals surface area contributed by atoms with Crippen LogP contribution >= 0.6 is 0 Å². The fourth-order valence-electron chi connectivity index (χ4n) is 2.25. The lowest BCUT2D eigenvalue weighted by atomic mass is 10.1. The van der Waals surface area contributed by atoms with Crippen molar-refractivity contribution in [1.29, 1.82) is 0 Å². The Morgan fingerprint density at radius 1 is 1.12 bits per heavy atom. The van der Waals surface area contributed by atoms with E-state index in [4.69, 9.17) is 14.9 Å². The minimum Gasteiger partial charge on any atom is -0.497 e. The summed E-state index contributed by atoms with van der Waals surface area (Å²) in [5, 5.41) is 4.52. The van der Waals surface area contributed by atoms with Crippen molar-refractivity contribution in [2.75, 3.05) is 7.11 Å². The van der Waals surface area contributed by atoms with Gasteiger partial charge in [0.1, 0.15) is 16.9 Å². The fraction of sp³-hybridized carbons (Fsp3) is 0.0556. The van der Waals surface area contributed by atoms with Crippen LogP contribution < -0.4 is 21.5 Å². The Hall–Kier alpha value is -3.61. The molecule has 126 valence electrons. The highest BCUT2D eigenvalue weighted by Crippen LogP contribution is 2.20. The van der Waals surface area contributed by atoms with Gasteiger partial charge in [-0.15, -0.1) is 5.10 Å². The Bertz CT molecular complexity index is 1010. The largest absolute Gasteiger partial charge is 0.497 e. The first-order chi connectivity index (χ1) is 12.1. The predicted octanol–water partition coefficient (Wildman–Crippen LogP) is 1.79. The third-order valence-electron chi connectivity index (χ3n) is 3.51. The SMILES string of the molecule is COc1ccc2o/c(=N\NC(=O)c3ccccc3)c(C(N)=O)cc2c1. The molecule has 0 spiro atoms. The molecule has 3 N–H and O–H groups in total. The monoisotopic (exact) mass is 337 g/mol. The van der Waals surface area contributed by atoms with Gasteiger partial charge in [0.2, 0.25) is 5.55 Å². The molecule has 0 aliphatic rings. The molecule has 0 atom stereocenters. The van der Waals surface area contributed by atoms with E-state index in [-0.39, 0.29) is 11.1 Å². The summed E-state index contributed by atoms with van der Waals surface area (Å²) in [5.41, 5.74) is 8.62. The number of benzene rings is 2. The zero-order valence-corrected chi connectivity index (χ0v) is 13.4. The van der Waals surface area contributed by atoms with Crippen molar-refractivity contribution in [2.24, 2.45) is 10.8 Å². The topological polar surface area (TPSA) is 107 Å². The minimum absolute atomic E-state index is 0.0501. The van der Waals surface area contributed by atoms with Gasteiger partial charge in [0.05, 0.1) is 7.11 Å². The number of carbonyl (C=O) groups is 2. The standard InChI is InChI=1S/C18H15N3O4/c1-24-13-7-8-15-12(9-13)10-14(16(19)22)18(25-15)21-20-17(23)11-5-3-2-4-6-11/h2-10H,1H3,(H2,19,22)(H,20,23)/b21-18-. The van der Waals surface area contributed by atoms with Crippen LogP contribution in [0.4, 0.5) is 0 Å². The molecular weight excluding hydrogens is 322 g/mol. The summed E-state index contributed by atoms with van der Waals surface area (Å²) >= 11 is 0. The van der Waals surface area contributed by atoms with Gasteiger partial charge in [-0.3, -0.25) is 9.59 Å². The van der Waals surface area contributed by atoms with E-state index in [9.17, 15) is 9.59 Å². The van der Waals surface area contributed by atoms with Crippen LogP contribution in [0.25, 0.3) is 11.0 Å². The van der Waals surface area contributed by atoms with Gasteiger partial charge in [-0.1, -0.05) is 18.2 Å².